The molecule has 2 fully saturated rings. The third-order valence-corrected chi connectivity index (χ3v) is 6.45. The lowest BCUT2D eigenvalue weighted by Gasteiger charge is -2.44. The molecule has 1 aliphatic heterocycles. The van der Waals surface area contributed by atoms with Crippen LogP contribution >= 0.6 is 12.4 Å². The number of hydrogen-bond donors (Lipinski definition) is 1. The fourth-order valence-electron chi connectivity index (χ4n) is 4.98. The highest BCUT2D eigenvalue weighted by Crippen LogP contribution is 2.42. The van der Waals surface area contributed by atoms with E-state index in [1.54, 1.807) is 7.11 Å². The molecule has 1 aromatic carbocycles. The fourth-order valence-corrected chi connectivity index (χ4v) is 4.98. The molecule has 7 heteroatoms. The summed E-state index contributed by atoms with van der Waals surface area (Å²) in [5, 5.41) is 0. The van der Waals surface area contributed by atoms with Gasteiger partial charge in [-0.3, -0.25) is 4.79 Å². The van der Waals surface area contributed by atoms with Crippen molar-refractivity contribution in [2.45, 2.75) is 44.7 Å². The molecule has 156 valence electrons. The molecule has 1 aromatic rings. The highest BCUT2D eigenvalue weighted by atomic mass is 35.5. The summed E-state index contributed by atoms with van der Waals surface area (Å²) in [6, 6.07) is 6.18. The van der Waals surface area contributed by atoms with Gasteiger partial charge in [0.25, 0.3) is 0 Å². The number of nitrogens with two attached hydrogens (primary N) is 1. The maximum Gasteiger partial charge on any atom is 0.231 e. The average Bonchev–Trinajstić information content (AvgIpc) is 3.12. The van der Waals surface area contributed by atoms with E-state index >= 15 is 0 Å². The van der Waals surface area contributed by atoms with E-state index < -0.39 is 0 Å². The lowest BCUT2D eigenvalue weighted by atomic mass is 9.65. The topological polar surface area (TPSA) is 74.0 Å². The molecule has 3 aliphatic rings. The van der Waals surface area contributed by atoms with Gasteiger partial charge in [0.05, 0.1) is 6.61 Å². The Hall–Kier alpha value is -1.50. The molecular weight excluding hydrogens is 380 g/mol. The van der Waals surface area contributed by atoms with E-state index in [-0.39, 0.29) is 37.1 Å². The van der Waals surface area contributed by atoms with E-state index in [1.807, 2.05) is 23.1 Å². The Morgan fingerprint density at radius 3 is 2.64 bits per heavy atom. The summed E-state index contributed by atoms with van der Waals surface area (Å²) >= 11 is 0. The SMILES string of the molecule is COCCN(Cc1ccc2c(c1)OCO2)C(=O)C1CC2CCCC(C1)C2N.Cl. The molecule has 0 aromatic heterocycles. The second-order valence-electron chi connectivity index (χ2n) is 8.14. The van der Waals surface area contributed by atoms with E-state index in [0.717, 1.165) is 29.9 Å². The number of amides is 1. The number of rotatable bonds is 6. The van der Waals surface area contributed by atoms with Crippen LogP contribution in [-0.2, 0) is 16.1 Å². The molecule has 2 N–H and O–H groups in total. The number of fused-ring (bicyclic) bond motifs is 3. The highest BCUT2D eigenvalue weighted by molar-refractivity contribution is 5.85. The summed E-state index contributed by atoms with van der Waals surface area (Å²) < 4.78 is 16.1. The van der Waals surface area contributed by atoms with Crippen LogP contribution in [0.2, 0.25) is 0 Å². The molecular formula is C21H31ClN2O4. The molecule has 2 bridgehead atoms. The molecule has 28 heavy (non-hydrogen) atoms. The van der Waals surface area contributed by atoms with Gasteiger partial charge in [0.2, 0.25) is 12.7 Å². The first-order valence-corrected chi connectivity index (χ1v) is 10.1. The minimum Gasteiger partial charge on any atom is -0.454 e. The van der Waals surface area contributed by atoms with Gasteiger partial charge in [0, 0.05) is 32.2 Å². The van der Waals surface area contributed by atoms with Crippen LogP contribution in [0.15, 0.2) is 18.2 Å². The molecule has 2 unspecified atom stereocenters. The number of methoxy groups -OCH3 is 1. The van der Waals surface area contributed by atoms with Crippen molar-refractivity contribution in [1.29, 1.82) is 0 Å². The number of carbonyl (C=O) groups is 1. The van der Waals surface area contributed by atoms with E-state index in [1.165, 1.54) is 19.3 Å². The Kier molecular flexibility index (Phi) is 7.07. The van der Waals surface area contributed by atoms with E-state index in [4.69, 9.17) is 19.9 Å². The second-order valence-corrected chi connectivity index (χ2v) is 8.14. The van der Waals surface area contributed by atoms with Gasteiger partial charge in [-0.05, 0) is 55.2 Å². The zero-order valence-electron chi connectivity index (χ0n) is 16.5. The van der Waals surface area contributed by atoms with Crippen LogP contribution in [0.3, 0.4) is 0 Å². The van der Waals surface area contributed by atoms with E-state index in [2.05, 4.69) is 0 Å². The fraction of sp³-hybridized carbons (Fsp3) is 0.667. The van der Waals surface area contributed by atoms with Crippen LogP contribution in [0.1, 0.15) is 37.7 Å². The molecule has 1 heterocycles. The minimum absolute atomic E-state index is 0. The highest BCUT2D eigenvalue weighted by Gasteiger charge is 2.41. The Bertz CT molecular complexity index is 672. The number of carbonyl (C=O) groups excluding carboxylic acids is 1. The number of benzene rings is 1. The Morgan fingerprint density at radius 1 is 1.21 bits per heavy atom. The van der Waals surface area contributed by atoms with Crippen molar-refractivity contribution in [3.05, 3.63) is 23.8 Å². The second kappa shape index (κ2) is 9.33. The van der Waals surface area contributed by atoms with Crippen molar-refractivity contribution < 1.29 is 19.0 Å². The van der Waals surface area contributed by atoms with E-state index in [0.29, 0.717) is 31.5 Å². The van der Waals surface area contributed by atoms with Crippen LogP contribution in [0.5, 0.6) is 11.5 Å². The lowest BCUT2D eigenvalue weighted by Crippen LogP contribution is -2.50. The molecule has 4 rings (SSSR count). The van der Waals surface area contributed by atoms with Gasteiger partial charge >= 0.3 is 0 Å². The summed E-state index contributed by atoms with van der Waals surface area (Å²) in [6.07, 6.45) is 5.46. The normalized spacial score (nSPS) is 27.8. The number of hydrogen-bond acceptors (Lipinski definition) is 5. The standard InChI is InChI=1S/C21H30N2O4.ClH/c1-25-8-7-23(12-14-5-6-18-19(9-14)27-13-26-18)21(24)17-10-15-3-2-4-16(11-17)20(15)22;/h5-6,9,15-17,20H,2-4,7-8,10-13,22H2,1H3;1H. The monoisotopic (exact) mass is 410 g/mol. The molecule has 2 aliphatic carbocycles. The average molecular weight is 411 g/mol. The van der Waals surface area contributed by atoms with Crippen LogP contribution in [0.4, 0.5) is 0 Å². The van der Waals surface area contributed by atoms with E-state index in [9.17, 15) is 4.79 Å². The molecule has 0 radical (unpaired) electrons. The summed E-state index contributed by atoms with van der Waals surface area (Å²) in [7, 11) is 1.67. The predicted molar refractivity (Wildman–Crippen MR) is 109 cm³/mol. The maximum absolute atomic E-state index is 13.4. The van der Waals surface area contributed by atoms with Gasteiger partial charge in [-0.2, -0.15) is 0 Å². The third kappa shape index (κ3) is 4.39. The van der Waals surface area contributed by atoms with Gasteiger partial charge in [0.1, 0.15) is 0 Å². The molecule has 0 spiro atoms. The molecule has 0 saturated heterocycles. The molecule has 2 atom stereocenters. The first kappa shape index (κ1) is 21.2. The van der Waals surface area contributed by atoms with Crippen LogP contribution in [0.25, 0.3) is 0 Å². The van der Waals surface area contributed by atoms with Crippen LogP contribution in [0, 0.1) is 17.8 Å². The van der Waals surface area contributed by atoms with Gasteiger partial charge in [0.15, 0.2) is 11.5 Å². The lowest BCUT2D eigenvalue weighted by molar-refractivity contribution is -0.140. The van der Waals surface area contributed by atoms with Gasteiger partial charge in [-0.15, -0.1) is 12.4 Å². The summed E-state index contributed by atoms with van der Waals surface area (Å²) in [4.78, 5) is 15.3. The van der Waals surface area contributed by atoms with Crippen molar-refractivity contribution in [2.24, 2.45) is 23.5 Å². The number of ether oxygens (including phenoxy) is 3. The van der Waals surface area contributed by atoms with Gasteiger partial charge in [-0.1, -0.05) is 12.5 Å². The largest absolute Gasteiger partial charge is 0.454 e. The minimum atomic E-state index is 0. The van der Waals surface area contributed by atoms with Gasteiger partial charge in [-0.25, -0.2) is 0 Å². The van der Waals surface area contributed by atoms with Crippen molar-refractivity contribution in [1.82, 2.24) is 4.90 Å². The van der Waals surface area contributed by atoms with Crippen molar-refractivity contribution in [3.8, 4) is 11.5 Å². The zero-order chi connectivity index (χ0) is 18.8. The van der Waals surface area contributed by atoms with Crippen molar-refractivity contribution in [2.75, 3.05) is 27.1 Å². The van der Waals surface area contributed by atoms with Crippen LogP contribution < -0.4 is 15.2 Å². The molecule has 1 amide bonds. The van der Waals surface area contributed by atoms with Gasteiger partial charge < -0.3 is 24.8 Å². The Labute approximate surface area is 173 Å². The number of nitrogens with zero attached hydrogens (tertiary/aromatic N) is 1. The quantitative estimate of drug-likeness (QED) is 0.780. The Morgan fingerprint density at radius 2 is 1.93 bits per heavy atom. The zero-order valence-corrected chi connectivity index (χ0v) is 17.3. The van der Waals surface area contributed by atoms with Crippen LogP contribution in [-0.4, -0.2) is 43.9 Å². The first-order valence-electron chi connectivity index (χ1n) is 10.1. The molecule has 2 saturated carbocycles. The number of halogens is 1. The summed E-state index contributed by atoms with van der Waals surface area (Å²) in [6.45, 7) is 1.96. The summed E-state index contributed by atoms with van der Waals surface area (Å²) in [5.74, 6) is 2.86. The first-order chi connectivity index (χ1) is 13.2. The maximum atomic E-state index is 13.4. The summed E-state index contributed by atoms with van der Waals surface area (Å²) in [5.41, 5.74) is 7.46. The predicted octanol–water partition coefficient (Wildman–Crippen LogP) is 2.97. The molecule has 6 nitrogen and oxygen atoms in total. The smallest absolute Gasteiger partial charge is 0.231 e. The van der Waals surface area contributed by atoms with Crippen molar-refractivity contribution >= 4 is 18.3 Å². The Balaban J connectivity index is 0.00000225. The van der Waals surface area contributed by atoms with Crippen molar-refractivity contribution in [3.63, 3.8) is 0 Å². The third-order valence-electron chi connectivity index (χ3n) is 6.45.